The van der Waals surface area contributed by atoms with Crippen LogP contribution < -0.4 is 4.90 Å². The topological polar surface area (TPSA) is 26.7 Å². The van der Waals surface area contributed by atoms with E-state index in [4.69, 9.17) is 0 Å². The predicted octanol–water partition coefficient (Wildman–Crippen LogP) is 1.46. The van der Waals surface area contributed by atoms with Crippen LogP contribution in [0, 0.1) is 5.82 Å². The number of benzene rings is 1. The minimum Gasteiger partial charge on any atom is -0.392 e. The Morgan fingerprint density at radius 1 is 1.24 bits per heavy atom. The zero-order chi connectivity index (χ0) is 12.3. The molecule has 0 aromatic heterocycles. The number of likely N-dealkylation sites (N-methyl/N-ethyl adjacent to an activating group) is 1. The van der Waals surface area contributed by atoms with Crippen LogP contribution in [0.4, 0.5) is 10.1 Å². The SMILES string of the molecule is CN1CCCN(c2ccc(F)cc2CO)CC1. The number of aliphatic hydroxyl groups is 1. The summed E-state index contributed by atoms with van der Waals surface area (Å²) in [6.45, 7) is 3.87. The second-order valence-electron chi connectivity index (χ2n) is 4.58. The molecule has 0 saturated carbocycles. The van der Waals surface area contributed by atoms with E-state index in [2.05, 4.69) is 16.8 Å². The average Bonchev–Trinajstić information content (AvgIpc) is 2.54. The summed E-state index contributed by atoms with van der Waals surface area (Å²) in [6, 6.07) is 4.65. The van der Waals surface area contributed by atoms with E-state index in [1.807, 2.05) is 0 Å². The molecule has 1 aliphatic heterocycles. The molecule has 1 aliphatic rings. The lowest BCUT2D eigenvalue weighted by Crippen LogP contribution is -2.29. The van der Waals surface area contributed by atoms with Gasteiger partial charge in [-0.05, 0) is 38.2 Å². The summed E-state index contributed by atoms with van der Waals surface area (Å²) >= 11 is 0. The van der Waals surface area contributed by atoms with E-state index in [9.17, 15) is 9.50 Å². The normalized spacial score (nSPS) is 18.2. The molecule has 0 atom stereocenters. The van der Waals surface area contributed by atoms with Gasteiger partial charge in [-0.25, -0.2) is 4.39 Å². The van der Waals surface area contributed by atoms with Crippen LogP contribution in [0.3, 0.4) is 0 Å². The number of hydrogen-bond acceptors (Lipinski definition) is 3. The van der Waals surface area contributed by atoms with E-state index in [1.54, 1.807) is 6.07 Å². The molecule has 0 unspecified atom stereocenters. The molecule has 0 amide bonds. The Bertz CT molecular complexity index is 384. The van der Waals surface area contributed by atoms with Gasteiger partial charge in [-0.3, -0.25) is 0 Å². The molecule has 17 heavy (non-hydrogen) atoms. The van der Waals surface area contributed by atoms with Gasteiger partial charge in [-0.15, -0.1) is 0 Å². The highest BCUT2D eigenvalue weighted by Crippen LogP contribution is 2.23. The van der Waals surface area contributed by atoms with Gasteiger partial charge >= 0.3 is 0 Å². The van der Waals surface area contributed by atoms with Gasteiger partial charge < -0.3 is 14.9 Å². The molecular weight excluding hydrogens is 219 g/mol. The quantitative estimate of drug-likeness (QED) is 0.845. The summed E-state index contributed by atoms with van der Waals surface area (Å²) in [5.41, 5.74) is 1.64. The van der Waals surface area contributed by atoms with Crippen molar-refractivity contribution in [1.82, 2.24) is 4.90 Å². The molecule has 1 N–H and O–H groups in total. The molecule has 4 heteroatoms. The largest absolute Gasteiger partial charge is 0.392 e. The number of hydrogen-bond donors (Lipinski definition) is 1. The summed E-state index contributed by atoms with van der Waals surface area (Å²) in [6.07, 6.45) is 1.10. The molecule has 0 spiro atoms. The minimum absolute atomic E-state index is 0.112. The first-order chi connectivity index (χ1) is 8.20. The second-order valence-corrected chi connectivity index (χ2v) is 4.58. The predicted molar refractivity (Wildman–Crippen MR) is 66.6 cm³/mol. The van der Waals surface area contributed by atoms with Crippen LogP contribution >= 0.6 is 0 Å². The van der Waals surface area contributed by atoms with Crippen LogP contribution in [0.25, 0.3) is 0 Å². The molecule has 2 rings (SSSR count). The van der Waals surface area contributed by atoms with E-state index < -0.39 is 0 Å². The zero-order valence-corrected chi connectivity index (χ0v) is 10.2. The third-order valence-corrected chi connectivity index (χ3v) is 3.27. The Morgan fingerprint density at radius 3 is 2.82 bits per heavy atom. The first-order valence-corrected chi connectivity index (χ1v) is 6.03. The molecule has 1 saturated heterocycles. The fourth-order valence-electron chi connectivity index (χ4n) is 2.28. The Labute approximate surface area is 101 Å². The highest BCUT2D eigenvalue weighted by Gasteiger charge is 2.15. The van der Waals surface area contributed by atoms with Gasteiger partial charge in [0.05, 0.1) is 6.61 Å². The van der Waals surface area contributed by atoms with Gasteiger partial charge in [0, 0.05) is 30.9 Å². The molecule has 1 aromatic rings. The van der Waals surface area contributed by atoms with Crippen molar-refractivity contribution < 1.29 is 9.50 Å². The standard InChI is InChI=1S/C13H19FN2O/c1-15-5-2-6-16(8-7-15)13-4-3-12(14)9-11(13)10-17/h3-4,9,17H,2,5-8,10H2,1H3. The van der Waals surface area contributed by atoms with E-state index in [-0.39, 0.29) is 12.4 Å². The molecule has 1 heterocycles. The summed E-state index contributed by atoms with van der Waals surface area (Å²) in [5.74, 6) is -0.287. The van der Waals surface area contributed by atoms with Crippen molar-refractivity contribution in [2.45, 2.75) is 13.0 Å². The average molecular weight is 238 g/mol. The first kappa shape index (κ1) is 12.3. The fraction of sp³-hybridized carbons (Fsp3) is 0.538. The number of halogens is 1. The highest BCUT2D eigenvalue weighted by molar-refractivity contribution is 5.53. The van der Waals surface area contributed by atoms with Gasteiger partial charge in [0.1, 0.15) is 5.82 Å². The first-order valence-electron chi connectivity index (χ1n) is 6.03. The van der Waals surface area contributed by atoms with Crippen molar-refractivity contribution in [3.8, 4) is 0 Å². The van der Waals surface area contributed by atoms with Crippen molar-refractivity contribution in [2.24, 2.45) is 0 Å². The van der Waals surface area contributed by atoms with E-state index >= 15 is 0 Å². The van der Waals surface area contributed by atoms with E-state index in [0.717, 1.165) is 38.3 Å². The summed E-state index contributed by atoms with van der Waals surface area (Å²) in [4.78, 5) is 4.52. The van der Waals surface area contributed by atoms with Gasteiger partial charge in [0.15, 0.2) is 0 Å². The van der Waals surface area contributed by atoms with Crippen LogP contribution in [0.5, 0.6) is 0 Å². The minimum atomic E-state index is -0.287. The second kappa shape index (κ2) is 5.47. The van der Waals surface area contributed by atoms with Crippen LogP contribution in [-0.2, 0) is 6.61 Å². The molecule has 0 aliphatic carbocycles. The van der Waals surface area contributed by atoms with Crippen molar-refractivity contribution in [3.05, 3.63) is 29.6 Å². The maximum Gasteiger partial charge on any atom is 0.123 e. The summed E-state index contributed by atoms with van der Waals surface area (Å²) in [5, 5.41) is 9.29. The number of rotatable bonds is 2. The fourth-order valence-corrected chi connectivity index (χ4v) is 2.28. The van der Waals surface area contributed by atoms with Crippen LogP contribution in [0.1, 0.15) is 12.0 Å². The van der Waals surface area contributed by atoms with E-state index in [0.29, 0.717) is 5.56 Å². The molecule has 1 fully saturated rings. The van der Waals surface area contributed by atoms with Gasteiger partial charge in [-0.1, -0.05) is 0 Å². The van der Waals surface area contributed by atoms with Crippen molar-refractivity contribution in [1.29, 1.82) is 0 Å². The molecule has 1 aromatic carbocycles. The molecule has 94 valence electrons. The molecule has 0 radical (unpaired) electrons. The van der Waals surface area contributed by atoms with Gasteiger partial charge in [0.25, 0.3) is 0 Å². The number of aliphatic hydroxyl groups excluding tert-OH is 1. The monoisotopic (exact) mass is 238 g/mol. The Balaban J connectivity index is 2.20. The van der Waals surface area contributed by atoms with Crippen molar-refractivity contribution >= 4 is 5.69 Å². The smallest absolute Gasteiger partial charge is 0.123 e. The Morgan fingerprint density at radius 2 is 2.06 bits per heavy atom. The van der Waals surface area contributed by atoms with Crippen molar-refractivity contribution in [3.63, 3.8) is 0 Å². The lowest BCUT2D eigenvalue weighted by Gasteiger charge is -2.25. The van der Waals surface area contributed by atoms with Gasteiger partial charge in [0.2, 0.25) is 0 Å². The lowest BCUT2D eigenvalue weighted by molar-refractivity contribution is 0.281. The summed E-state index contributed by atoms with van der Waals surface area (Å²) in [7, 11) is 2.11. The highest BCUT2D eigenvalue weighted by atomic mass is 19.1. The summed E-state index contributed by atoms with van der Waals surface area (Å²) < 4.78 is 13.1. The van der Waals surface area contributed by atoms with E-state index in [1.165, 1.54) is 12.1 Å². The lowest BCUT2D eigenvalue weighted by atomic mass is 10.1. The van der Waals surface area contributed by atoms with Crippen molar-refractivity contribution in [2.75, 3.05) is 38.1 Å². The van der Waals surface area contributed by atoms with Crippen LogP contribution in [0.2, 0.25) is 0 Å². The number of nitrogens with zero attached hydrogens (tertiary/aromatic N) is 2. The Hall–Kier alpha value is -1.13. The van der Waals surface area contributed by atoms with Gasteiger partial charge in [-0.2, -0.15) is 0 Å². The molecular formula is C13H19FN2O. The molecule has 3 nitrogen and oxygen atoms in total. The Kier molecular flexibility index (Phi) is 3.97. The third kappa shape index (κ3) is 2.96. The number of anilines is 1. The third-order valence-electron chi connectivity index (χ3n) is 3.27. The van der Waals surface area contributed by atoms with Crippen LogP contribution in [-0.4, -0.2) is 43.2 Å². The zero-order valence-electron chi connectivity index (χ0n) is 10.2. The molecule has 0 bridgehead atoms. The van der Waals surface area contributed by atoms with Crippen LogP contribution in [0.15, 0.2) is 18.2 Å². The maximum atomic E-state index is 13.1. The maximum absolute atomic E-state index is 13.1.